The number of nitrogens with one attached hydrogen (secondary N) is 1. The summed E-state index contributed by atoms with van der Waals surface area (Å²) in [6.07, 6.45) is 0. The smallest absolute Gasteiger partial charge is 0.188 e. The number of ether oxygens (including phenoxy) is 3. The van der Waals surface area contributed by atoms with Crippen molar-refractivity contribution in [3.8, 4) is 11.5 Å². The van der Waals surface area contributed by atoms with Crippen molar-refractivity contribution >= 4 is 29.9 Å². The van der Waals surface area contributed by atoms with Gasteiger partial charge in [-0.2, -0.15) is 0 Å². The Labute approximate surface area is 162 Å². The van der Waals surface area contributed by atoms with E-state index in [0.29, 0.717) is 30.6 Å². The van der Waals surface area contributed by atoms with Gasteiger partial charge in [0.15, 0.2) is 17.5 Å². The van der Waals surface area contributed by atoms with E-state index < -0.39 is 0 Å². The summed E-state index contributed by atoms with van der Waals surface area (Å²) in [5.41, 5.74) is 6.85. The van der Waals surface area contributed by atoms with Crippen LogP contribution in [0.15, 0.2) is 23.2 Å². The third-order valence-corrected chi connectivity index (χ3v) is 3.62. The molecule has 138 valence electrons. The third kappa shape index (κ3) is 6.72. The average molecular weight is 451 g/mol. The molecule has 3 N–H and O–H groups in total. The van der Waals surface area contributed by atoms with Crippen LogP contribution in [0.4, 0.5) is 0 Å². The quantitative estimate of drug-likeness (QED) is 0.361. The molecular formula is C17H30IN3O3. The van der Waals surface area contributed by atoms with E-state index in [0.717, 1.165) is 5.56 Å². The number of methoxy groups -OCH3 is 3. The molecule has 1 rings (SSSR count). The fourth-order valence-electron chi connectivity index (χ4n) is 2.22. The highest BCUT2D eigenvalue weighted by molar-refractivity contribution is 14.0. The fraction of sp³-hybridized carbons (Fsp3) is 0.588. The molecule has 0 aliphatic heterocycles. The molecule has 1 unspecified atom stereocenters. The molecule has 0 spiro atoms. The molecule has 0 amide bonds. The van der Waals surface area contributed by atoms with Crippen LogP contribution in [0.1, 0.15) is 26.3 Å². The van der Waals surface area contributed by atoms with Gasteiger partial charge < -0.3 is 25.3 Å². The number of hydrogen-bond donors (Lipinski definition) is 2. The lowest BCUT2D eigenvalue weighted by molar-refractivity contribution is 0.179. The second-order valence-electron chi connectivity index (χ2n) is 6.16. The summed E-state index contributed by atoms with van der Waals surface area (Å²) < 4.78 is 15.7. The Balaban J connectivity index is 0.00000529. The van der Waals surface area contributed by atoms with Gasteiger partial charge in [-0.1, -0.05) is 19.9 Å². The molecule has 1 aromatic rings. The molecule has 0 heterocycles. The minimum absolute atomic E-state index is 0. The average Bonchev–Trinajstić information content (AvgIpc) is 2.52. The summed E-state index contributed by atoms with van der Waals surface area (Å²) in [4.78, 5) is 4.45. The van der Waals surface area contributed by atoms with Crippen LogP contribution in [0.5, 0.6) is 11.5 Å². The molecule has 1 atom stereocenters. The Hall–Kier alpha value is -1.22. The van der Waals surface area contributed by atoms with E-state index in [4.69, 9.17) is 19.9 Å². The SMILES string of the molecule is COCC(C)NC(N)=NCC(C)(C)c1ccc(OC)c(OC)c1.I. The lowest BCUT2D eigenvalue weighted by atomic mass is 9.84. The first-order valence-corrected chi connectivity index (χ1v) is 7.62. The molecule has 0 aliphatic rings. The number of guanidine groups is 1. The van der Waals surface area contributed by atoms with Crippen molar-refractivity contribution in [1.82, 2.24) is 5.32 Å². The van der Waals surface area contributed by atoms with Crippen LogP contribution < -0.4 is 20.5 Å². The summed E-state index contributed by atoms with van der Waals surface area (Å²) in [6.45, 7) is 7.36. The van der Waals surface area contributed by atoms with E-state index in [-0.39, 0.29) is 35.4 Å². The zero-order chi connectivity index (χ0) is 17.5. The normalized spacial score (nSPS) is 13.0. The summed E-state index contributed by atoms with van der Waals surface area (Å²) >= 11 is 0. The highest BCUT2D eigenvalue weighted by Crippen LogP contribution is 2.33. The Morgan fingerprint density at radius 3 is 2.38 bits per heavy atom. The van der Waals surface area contributed by atoms with Gasteiger partial charge in [0.1, 0.15) is 0 Å². The van der Waals surface area contributed by atoms with E-state index in [1.807, 2.05) is 25.1 Å². The van der Waals surface area contributed by atoms with E-state index in [1.54, 1.807) is 21.3 Å². The number of nitrogens with two attached hydrogens (primary N) is 1. The topological polar surface area (TPSA) is 78.1 Å². The van der Waals surface area contributed by atoms with Crippen molar-refractivity contribution in [3.05, 3.63) is 23.8 Å². The van der Waals surface area contributed by atoms with Crippen molar-refractivity contribution in [3.63, 3.8) is 0 Å². The van der Waals surface area contributed by atoms with Gasteiger partial charge in [0.2, 0.25) is 0 Å². The van der Waals surface area contributed by atoms with Crippen LogP contribution in [0.25, 0.3) is 0 Å². The third-order valence-electron chi connectivity index (χ3n) is 3.62. The Morgan fingerprint density at radius 2 is 1.83 bits per heavy atom. The van der Waals surface area contributed by atoms with Crippen molar-refractivity contribution in [2.24, 2.45) is 10.7 Å². The second kappa shape index (κ2) is 10.6. The summed E-state index contributed by atoms with van der Waals surface area (Å²) in [5, 5.41) is 3.10. The Morgan fingerprint density at radius 1 is 1.21 bits per heavy atom. The first-order valence-electron chi connectivity index (χ1n) is 7.62. The zero-order valence-electron chi connectivity index (χ0n) is 15.4. The largest absolute Gasteiger partial charge is 0.493 e. The van der Waals surface area contributed by atoms with Gasteiger partial charge >= 0.3 is 0 Å². The van der Waals surface area contributed by atoms with Gasteiger partial charge in [0.05, 0.1) is 27.4 Å². The van der Waals surface area contributed by atoms with Crippen LogP contribution in [0, 0.1) is 0 Å². The predicted molar refractivity (Wildman–Crippen MR) is 109 cm³/mol. The van der Waals surface area contributed by atoms with E-state index in [1.165, 1.54) is 0 Å². The standard InChI is InChI=1S/C17H29N3O3.HI/c1-12(10-21-4)20-16(18)19-11-17(2,3)13-7-8-14(22-5)15(9-13)23-6;/h7-9,12H,10-11H2,1-6H3,(H3,18,19,20);1H. The van der Waals surface area contributed by atoms with Gasteiger partial charge in [-0.3, -0.25) is 4.99 Å². The van der Waals surface area contributed by atoms with Crippen LogP contribution in [-0.2, 0) is 10.2 Å². The molecule has 0 aromatic heterocycles. The summed E-state index contributed by atoms with van der Waals surface area (Å²) in [5.74, 6) is 1.84. The number of hydrogen-bond acceptors (Lipinski definition) is 4. The Kier molecular flexibility index (Phi) is 10.1. The predicted octanol–water partition coefficient (Wildman–Crippen LogP) is 2.54. The molecule has 0 aliphatic carbocycles. The van der Waals surface area contributed by atoms with E-state index in [9.17, 15) is 0 Å². The first-order chi connectivity index (χ1) is 10.8. The molecule has 24 heavy (non-hydrogen) atoms. The number of rotatable bonds is 8. The zero-order valence-corrected chi connectivity index (χ0v) is 17.7. The lowest BCUT2D eigenvalue weighted by Crippen LogP contribution is -2.41. The van der Waals surface area contributed by atoms with Gasteiger partial charge in [0.25, 0.3) is 0 Å². The van der Waals surface area contributed by atoms with Crippen LogP contribution in [-0.4, -0.2) is 46.5 Å². The minimum atomic E-state index is -0.184. The molecule has 0 radical (unpaired) electrons. The maximum atomic E-state index is 5.93. The maximum absolute atomic E-state index is 5.93. The highest BCUT2D eigenvalue weighted by Gasteiger charge is 2.22. The number of aliphatic imine (C=N–C) groups is 1. The van der Waals surface area contributed by atoms with Gasteiger partial charge in [-0.15, -0.1) is 24.0 Å². The van der Waals surface area contributed by atoms with Crippen molar-refractivity contribution in [1.29, 1.82) is 0 Å². The van der Waals surface area contributed by atoms with Crippen molar-refractivity contribution in [2.75, 3.05) is 34.5 Å². The van der Waals surface area contributed by atoms with Crippen LogP contribution in [0.2, 0.25) is 0 Å². The monoisotopic (exact) mass is 451 g/mol. The number of benzene rings is 1. The molecule has 1 aromatic carbocycles. The van der Waals surface area contributed by atoms with Gasteiger partial charge in [-0.05, 0) is 24.6 Å². The molecule has 6 nitrogen and oxygen atoms in total. The molecule has 7 heteroatoms. The van der Waals surface area contributed by atoms with E-state index in [2.05, 4.69) is 24.2 Å². The minimum Gasteiger partial charge on any atom is -0.493 e. The second-order valence-corrected chi connectivity index (χ2v) is 6.16. The highest BCUT2D eigenvalue weighted by atomic mass is 127. The van der Waals surface area contributed by atoms with Crippen molar-refractivity contribution in [2.45, 2.75) is 32.2 Å². The molecular weight excluding hydrogens is 421 g/mol. The lowest BCUT2D eigenvalue weighted by Gasteiger charge is -2.24. The number of nitrogens with zero attached hydrogens (tertiary/aromatic N) is 1. The first kappa shape index (κ1) is 22.8. The number of halogens is 1. The van der Waals surface area contributed by atoms with Crippen LogP contribution in [0.3, 0.4) is 0 Å². The van der Waals surface area contributed by atoms with Gasteiger partial charge in [0, 0.05) is 18.6 Å². The molecule has 0 fully saturated rings. The summed E-state index contributed by atoms with van der Waals surface area (Å²) in [6, 6.07) is 6.02. The Bertz CT molecular complexity index is 536. The van der Waals surface area contributed by atoms with Crippen molar-refractivity contribution < 1.29 is 14.2 Å². The summed E-state index contributed by atoms with van der Waals surface area (Å²) in [7, 11) is 4.91. The van der Waals surface area contributed by atoms with Gasteiger partial charge in [-0.25, -0.2) is 0 Å². The molecule has 0 saturated carbocycles. The van der Waals surface area contributed by atoms with E-state index >= 15 is 0 Å². The van der Waals surface area contributed by atoms with Crippen LogP contribution >= 0.6 is 24.0 Å². The molecule has 0 saturated heterocycles. The fourth-order valence-corrected chi connectivity index (χ4v) is 2.22. The maximum Gasteiger partial charge on any atom is 0.188 e. The molecule has 0 bridgehead atoms.